The van der Waals surface area contributed by atoms with Gasteiger partial charge in [-0.05, 0) is 42.5 Å². The molecule has 0 aromatic heterocycles. The van der Waals surface area contributed by atoms with Crippen molar-refractivity contribution in [3.05, 3.63) is 29.3 Å². The molecular weight excluding hydrogens is 228 g/mol. The molecular formula is C14H18N2O2. The number of aromatic hydroxyl groups is 1. The molecule has 2 aliphatic heterocycles. The van der Waals surface area contributed by atoms with Gasteiger partial charge in [0.1, 0.15) is 5.75 Å². The minimum Gasteiger partial charge on any atom is -0.508 e. The van der Waals surface area contributed by atoms with Crippen molar-refractivity contribution in [2.45, 2.75) is 6.92 Å². The standard InChI is InChI=1S/C14H18N2O2/c1-9-4-10(2-3-13(9)17)14(18)16-7-11-5-15-6-12(11)8-16/h2-4,11-12,15,17H,5-8H2,1H3. The number of phenolic OH excluding ortho intramolecular Hbond substituents is 1. The van der Waals surface area contributed by atoms with Gasteiger partial charge in [0.05, 0.1) is 0 Å². The molecule has 2 fully saturated rings. The van der Waals surface area contributed by atoms with Crippen molar-refractivity contribution < 1.29 is 9.90 Å². The van der Waals surface area contributed by atoms with E-state index >= 15 is 0 Å². The van der Waals surface area contributed by atoms with Crippen LogP contribution in [0.25, 0.3) is 0 Å². The highest BCUT2D eigenvalue weighted by Crippen LogP contribution is 2.28. The smallest absolute Gasteiger partial charge is 0.253 e. The first-order valence-corrected chi connectivity index (χ1v) is 6.45. The van der Waals surface area contributed by atoms with Crippen molar-refractivity contribution in [1.29, 1.82) is 0 Å². The van der Waals surface area contributed by atoms with Crippen LogP contribution in [-0.2, 0) is 0 Å². The maximum absolute atomic E-state index is 12.4. The van der Waals surface area contributed by atoms with Gasteiger partial charge in [0.15, 0.2) is 0 Å². The molecule has 0 saturated carbocycles. The molecule has 0 spiro atoms. The molecule has 0 radical (unpaired) electrons. The number of carbonyl (C=O) groups excluding carboxylic acids is 1. The highest BCUT2D eigenvalue weighted by molar-refractivity contribution is 5.94. The number of fused-ring (bicyclic) bond motifs is 1. The third-order valence-electron chi connectivity index (χ3n) is 4.12. The lowest BCUT2D eigenvalue weighted by atomic mass is 10.0. The van der Waals surface area contributed by atoms with Crippen LogP contribution in [0.3, 0.4) is 0 Å². The summed E-state index contributed by atoms with van der Waals surface area (Å²) < 4.78 is 0. The number of hydrogen-bond acceptors (Lipinski definition) is 3. The van der Waals surface area contributed by atoms with E-state index in [4.69, 9.17) is 0 Å². The maximum atomic E-state index is 12.4. The van der Waals surface area contributed by atoms with Crippen LogP contribution < -0.4 is 5.32 Å². The summed E-state index contributed by atoms with van der Waals surface area (Å²) in [5.41, 5.74) is 1.43. The molecule has 18 heavy (non-hydrogen) atoms. The summed E-state index contributed by atoms with van der Waals surface area (Å²) in [4.78, 5) is 14.3. The van der Waals surface area contributed by atoms with Gasteiger partial charge in [0.2, 0.25) is 0 Å². The van der Waals surface area contributed by atoms with Crippen molar-refractivity contribution in [3.8, 4) is 5.75 Å². The summed E-state index contributed by atoms with van der Waals surface area (Å²) in [5, 5.41) is 12.9. The van der Waals surface area contributed by atoms with E-state index in [-0.39, 0.29) is 11.7 Å². The lowest BCUT2D eigenvalue weighted by Gasteiger charge is -2.18. The molecule has 2 unspecified atom stereocenters. The number of carbonyl (C=O) groups is 1. The van der Waals surface area contributed by atoms with Crippen molar-refractivity contribution in [1.82, 2.24) is 10.2 Å². The molecule has 0 aliphatic carbocycles. The highest BCUT2D eigenvalue weighted by Gasteiger charge is 2.38. The van der Waals surface area contributed by atoms with Crippen LogP contribution in [0.1, 0.15) is 15.9 Å². The fourth-order valence-electron chi connectivity index (χ4n) is 2.99. The molecule has 1 amide bonds. The molecule has 4 nitrogen and oxygen atoms in total. The molecule has 1 aromatic rings. The predicted octanol–water partition coefficient (Wildman–Crippen LogP) is 0.992. The average molecular weight is 246 g/mol. The van der Waals surface area contributed by atoms with E-state index < -0.39 is 0 Å². The summed E-state index contributed by atoms with van der Waals surface area (Å²) in [7, 11) is 0. The molecule has 2 saturated heterocycles. The minimum absolute atomic E-state index is 0.0903. The molecule has 96 valence electrons. The summed E-state index contributed by atoms with van der Waals surface area (Å²) in [5.74, 6) is 1.57. The number of nitrogens with one attached hydrogen (secondary N) is 1. The number of phenols is 1. The Hall–Kier alpha value is -1.55. The van der Waals surface area contributed by atoms with Crippen LogP contribution >= 0.6 is 0 Å². The second kappa shape index (κ2) is 4.28. The van der Waals surface area contributed by atoms with Gasteiger partial charge >= 0.3 is 0 Å². The Balaban J connectivity index is 1.77. The number of benzene rings is 1. The number of likely N-dealkylation sites (tertiary alicyclic amines) is 1. The largest absolute Gasteiger partial charge is 0.508 e. The van der Waals surface area contributed by atoms with Gasteiger partial charge in [-0.25, -0.2) is 0 Å². The van der Waals surface area contributed by atoms with Gasteiger partial charge in [-0.2, -0.15) is 0 Å². The number of hydrogen-bond donors (Lipinski definition) is 2. The Morgan fingerprint density at radius 3 is 2.61 bits per heavy atom. The number of rotatable bonds is 1. The zero-order valence-electron chi connectivity index (χ0n) is 10.5. The maximum Gasteiger partial charge on any atom is 0.253 e. The fourth-order valence-corrected chi connectivity index (χ4v) is 2.99. The average Bonchev–Trinajstić information content (AvgIpc) is 2.92. The van der Waals surface area contributed by atoms with Gasteiger partial charge < -0.3 is 15.3 Å². The second-order valence-corrected chi connectivity index (χ2v) is 5.39. The molecule has 2 atom stereocenters. The Labute approximate surface area is 107 Å². The molecule has 2 heterocycles. The van der Waals surface area contributed by atoms with E-state index in [1.807, 2.05) is 11.8 Å². The Morgan fingerprint density at radius 1 is 1.33 bits per heavy atom. The monoisotopic (exact) mass is 246 g/mol. The highest BCUT2D eigenvalue weighted by atomic mass is 16.3. The Bertz CT molecular complexity index is 475. The fraction of sp³-hybridized carbons (Fsp3) is 0.500. The lowest BCUT2D eigenvalue weighted by molar-refractivity contribution is 0.0781. The summed E-state index contributed by atoms with van der Waals surface area (Å²) in [6, 6.07) is 5.07. The van der Waals surface area contributed by atoms with Crippen LogP contribution in [0.2, 0.25) is 0 Å². The van der Waals surface area contributed by atoms with Gasteiger partial charge in [-0.3, -0.25) is 4.79 Å². The SMILES string of the molecule is Cc1cc(C(=O)N2CC3CNCC3C2)ccc1O. The van der Waals surface area contributed by atoms with Crippen molar-refractivity contribution in [2.24, 2.45) is 11.8 Å². The van der Waals surface area contributed by atoms with E-state index in [1.165, 1.54) is 0 Å². The third kappa shape index (κ3) is 1.86. The number of nitrogens with zero attached hydrogens (tertiary/aromatic N) is 1. The van der Waals surface area contributed by atoms with Gasteiger partial charge in [-0.1, -0.05) is 0 Å². The van der Waals surface area contributed by atoms with Gasteiger partial charge in [0, 0.05) is 31.7 Å². The zero-order valence-corrected chi connectivity index (χ0v) is 10.5. The van der Waals surface area contributed by atoms with E-state index in [0.717, 1.165) is 31.7 Å². The van der Waals surface area contributed by atoms with E-state index in [2.05, 4.69) is 5.32 Å². The quantitative estimate of drug-likeness (QED) is 0.777. The van der Waals surface area contributed by atoms with Crippen LogP contribution in [0.15, 0.2) is 18.2 Å². The molecule has 3 rings (SSSR count). The normalized spacial score (nSPS) is 26.4. The predicted molar refractivity (Wildman–Crippen MR) is 68.6 cm³/mol. The van der Waals surface area contributed by atoms with E-state index in [0.29, 0.717) is 17.4 Å². The lowest BCUT2D eigenvalue weighted by Crippen LogP contribution is -2.31. The summed E-state index contributed by atoms with van der Waals surface area (Å²) in [6.07, 6.45) is 0. The summed E-state index contributed by atoms with van der Waals surface area (Å²) in [6.45, 7) is 5.59. The van der Waals surface area contributed by atoms with Crippen molar-refractivity contribution in [2.75, 3.05) is 26.2 Å². The zero-order chi connectivity index (χ0) is 12.7. The van der Waals surface area contributed by atoms with E-state index in [1.54, 1.807) is 18.2 Å². The third-order valence-corrected chi connectivity index (χ3v) is 4.12. The number of aryl methyl sites for hydroxylation is 1. The van der Waals surface area contributed by atoms with Crippen LogP contribution in [0.5, 0.6) is 5.75 Å². The van der Waals surface area contributed by atoms with Crippen molar-refractivity contribution in [3.63, 3.8) is 0 Å². The number of amides is 1. The molecule has 0 bridgehead atoms. The van der Waals surface area contributed by atoms with Crippen LogP contribution in [-0.4, -0.2) is 42.1 Å². The second-order valence-electron chi connectivity index (χ2n) is 5.39. The molecule has 4 heteroatoms. The van der Waals surface area contributed by atoms with E-state index in [9.17, 15) is 9.90 Å². The Morgan fingerprint density at radius 2 is 2.00 bits per heavy atom. The van der Waals surface area contributed by atoms with Gasteiger partial charge in [-0.15, -0.1) is 0 Å². The van der Waals surface area contributed by atoms with Crippen molar-refractivity contribution >= 4 is 5.91 Å². The summed E-state index contributed by atoms with van der Waals surface area (Å²) >= 11 is 0. The van der Waals surface area contributed by atoms with Gasteiger partial charge in [0.25, 0.3) is 5.91 Å². The van der Waals surface area contributed by atoms with Crippen LogP contribution in [0, 0.1) is 18.8 Å². The first-order chi connectivity index (χ1) is 8.65. The Kier molecular flexibility index (Phi) is 2.74. The first kappa shape index (κ1) is 11.5. The molecule has 1 aromatic carbocycles. The topological polar surface area (TPSA) is 52.6 Å². The first-order valence-electron chi connectivity index (χ1n) is 6.45. The minimum atomic E-state index is 0.0903. The van der Waals surface area contributed by atoms with Crippen LogP contribution in [0.4, 0.5) is 0 Å². The molecule has 2 N–H and O–H groups in total. The molecule has 2 aliphatic rings.